The number of likely N-dealkylation sites (tertiary alicyclic amines) is 1. The zero-order valence-electron chi connectivity index (χ0n) is 11.8. The number of hydrogen-bond donors (Lipinski definition) is 2. The Labute approximate surface area is 121 Å². The SMILES string of the molecule is COCCCC(N)C(=O)N1CC(n2cc(C(=O)O)nn2)C1. The van der Waals surface area contributed by atoms with Gasteiger partial charge in [-0.25, -0.2) is 9.48 Å². The summed E-state index contributed by atoms with van der Waals surface area (Å²) in [5.41, 5.74) is 5.74. The maximum atomic E-state index is 12.0. The third-order valence-corrected chi connectivity index (χ3v) is 3.46. The monoisotopic (exact) mass is 297 g/mol. The molecule has 116 valence electrons. The largest absolute Gasteiger partial charge is 0.476 e. The highest BCUT2D eigenvalue weighted by Crippen LogP contribution is 2.21. The number of ether oxygens (including phenoxy) is 1. The fourth-order valence-corrected chi connectivity index (χ4v) is 2.16. The molecule has 0 aromatic carbocycles. The number of hydrogen-bond acceptors (Lipinski definition) is 6. The summed E-state index contributed by atoms with van der Waals surface area (Å²) < 4.78 is 6.40. The van der Waals surface area contributed by atoms with Crippen LogP contribution in [0.2, 0.25) is 0 Å². The Kier molecular flexibility index (Phi) is 4.86. The first-order chi connectivity index (χ1) is 10.0. The minimum atomic E-state index is -1.12. The lowest BCUT2D eigenvalue weighted by atomic mass is 10.1. The van der Waals surface area contributed by atoms with Gasteiger partial charge >= 0.3 is 5.97 Å². The highest BCUT2D eigenvalue weighted by Gasteiger charge is 2.35. The number of carbonyl (C=O) groups is 2. The highest BCUT2D eigenvalue weighted by atomic mass is 16.5. The van der Waals surface area contributed by atoms with Crippen molar-refractivity contribution >= 4 is 11.9 Å². The van der Waals surface area contributed by atoms with Crippen LogP contribution in [0.15, 0.2) is 6.20 Å². The van der Waals surface area contributed by atoms with E-state index in [4.69, 9.17) is 15.6 Å². The maximum Gasteiger partial charge on any atom is 0.358 e. The van der Waals surface area contributed by atoms with Gasteiger partial charge in [0.25, 0.3) is 0 Å². The van der Waals surface area contributed by atoms with Crippen LogP contribution in [0.3, 0.4) is 0 Å². The summed E-state index contributed by atoms with van der Waals surface area (Å²) in [4.78, 5) is 24.4. The molecule has 0 spiro atoms. The molecular formula is C12H19N5O4. The molecule has 1 amide bonds. The van der Waals surface area contributed by atoms with Gasteiger partial charge in [-0.15, -0.1) is 5.10 Å². The molecule has 0 bridgehead atoms. The van der Waals surface area contributed by atoms with Crippen molar-refractivity contribution in [3.05, 3.63) is 11.9 Å². The zero-order chi connectivity index (χ0) is 15.4. The molecular weight excluding hydrogens is 278 g/mol. The number of carboxylic acids is 1. The molecule has 0 radical (unpaired) electrons. The zero-order valence-corrected chi connectivity index (χ0v) is 11.8. The van der Waals surface area contributed by atoms with Crippen molar-refractivity contribution in [2.24, 2.45) is 5.73 Å². The molecule has 1 atom stereocenters. The molecule has 3 N–H and O–H groups in total. The van der Waals surface area contributed by atoms with Gasteiger partial charge in [-0.2, -0.15) is 0 Å². The first-order valence-electron chi connectivity index (χ1n) is 6.71. The van der Waals surface area contributed by atoms with Crippen LogP contribution in [0, 0.1) is 0 Å². The smallest absolute Gasteiger partial charge is 0.358 e. The van der Waals surface area contributed by atoms with Crippen molar-refractivity contribution in [1.29, 1.82) is 0 Å². The number of rotatable bonds is 7. The van der Waals surface area contributed by atoms with Crippen molar-refractivity contribution < 1.29 is 19.4 Å². The molecule has 21 heavy (non-hydrogen) atoms. The van der Waals surface area contributed by atoms with E-state index in [1.54, 1.807) is 12.0 Å². The number of methoxy groups -OCH3 is 1. The van der Waals surface area contributed by atoms with Crippen LogP contribution in [-0.4, -0.2) is 69.7 Å². The topological polar surface area (TPSA) is 124 Å². The average molecular weight is 297 g/mol. The van der Waals surface area contributed by atoms with E-state index in [1.807, 2.05) is 0 Å². The summed E-state index contributed by atoms with van der Waals surface area (Å²) in [6.45, 7) is 1.53. The Morgan fingerprint density at radius 3 is 2.86 bits per heavy atom. The van der Waals surface area contributed by atoms with Gasteiger partial charge in [-0.1, -0.05) is 5.21 Å². The Balaban J connectivity index is 1.79. The number of nitrogens with zero attached hydrogens (tertiary/aromatic N) is 4. The van der Waals surface area contributed by atoms with Gasteiger partial charge in [-0.05, 0) is 12.8 Å². The van der Waals surface area contributed by atoms with Crippen LogP contribution in [0.5, 0.6) is 0 Å². The molecule has 1 aromatic rings. The van der Waals surface area contributed by atoms with E-state index >= 15 is 0 Å². The van der Waals surface area contributed by atoms with Gasteiger partial charge in [0.1, 0.15) is 0 Å². The second-order valence-corrected chi connectivity index (χ2v) is 5.03. The van der Waals surface area contributed by atoms with Gasteiger partial charge in [-0.3, -0.25) is 4.79 Å². The van der Waals surface area contributed by atoms with Crippen LogP contribution < -0.4 is 5.73 Å². The van der Waals surface area contributed by atoms with Crippen LogP contribution in [-0.2, 0) is 9.53 Å². The lowest BCUT2D eigenvalue weighted by molar-refractivity contribution is -0.138. The number of aromatic carboxylic acids is 1. The lowest BCUT2D eigenvalue weighted by Gasteiger charge is -2.40. The van der Waals surface area contributed by atoms with Gasteiger partial charge in [0.2, 0.25) is 5.91 Å². The Hall–Kier alpha value is -2.00. The number of carbonyl (C=O) groups excluding carboxylic acids is 1. The summed E-state index contributed by atoms with van der Waals surface area (Å²) in [5.74, 6) is -1.21. The first-order valence-corrected chi connectivity index (χ1v) is 6.71. The molecule has 1 unspecified atom stereocenters. The van der Waals surface area contributed by atoms with E-state index < -0.39 is 12.0 Å². The maximum absolute atomic E-state index is 12.0. The molecule has 1 aliphatic heterocycles. The van der Waals surface area contributed by atoms with Crippen molar-refractivity contribution in [3.63, 3.8) is 0 Å². The first kappa shape index (κ1) is 15.4. The standard InChI is InChI=1S/C12H19N5O4/c1-21-4-2-3-9(13)11(18)16-5-8(6-16)17-7-10(12(19)20)14-15-17/h7-9H,2-6,13H2,1H3,(H,19,20). The molecule has 9 nitrogen and oxygen atoms in total. The average Bonchev–Trinajstić information content (AvgIpc) is 2.86. The molecule has 1 saturated heterocycles. The van der Waals surface area contributed by atoms with Crippen molar-refractivity contribution in [2.75, 3.05) is 26.8 Å². The van der Waals surface area contributed by atoms with E-state index in [9.17, 15) is 9.59 Å². The predicted octanol–water partition coefficient (Wildman–Crippen LogP) is -0.886. The van der Waals surface area contributed by atoms with E-state index in [1.165, 1.54) is 10.9 Å². The predicted molar refractivity (Wildman–Crippen MR) is 71.7 cm³/mol. The van der Waals surface area contributed by atoms with E-state index in [0.29, 0.717) is 26.1 Å². The molecule has 2 rings (SSSR count). The van der Waals surface area contributed by atoms with Crippen molar-refractivity contribution in [1.82, 2.24) is 19.9 Å². The van der Waals surface area contributed by atoms with Crippen molar-refractivity contribution in [2.45, 2.75) is 24.9 Å². The van der Waals surface area contributed by atoms with Crippen molar-refractivity contribution in [3.8, 4) is 0 Å². The van der Waals surface area contributed by atoms with Gasteiger partial charge < -0.3 is 20.5 Å². The number of nitrogens with two attached hydrogens (primary N) is 1. The van der Waals surface area contributed by atoms with E-state index in [2.05, 4.69) is 10.3 Å². The highest BCUT2D eigenvalue weighted by molar-refractivity contribution is 5.84. The molecule has 2 heterocycles. The number of amides is 1. The minimum Gasteiger partial charge on any atom is -0.476 e. The fourth-order valence-electron chi connectivity index (χ4n) is 2.16. The summed E-state index contributed by atoms with van der Waals surface area (Å²) in [6, 6.07) is -0.563. The van der Waals surface area contributed by atoms with E-state index in [-0.39, 0.29) is 17.6 Å². The Morgan fingerprint density at radius 1 is 1.57 bits per heavy atom. The second kappa shape index (κ2) is 6.64. The Morgan fingerprint density at radius 2 is 2.29 bits per heavy atom. The van der Waals surface area contributed by atoms with Crippen LogP contribution in [0.4, 0.5) is 0 Å². The van der Waals surface area contributed by atoms with Crippen LogP contribution in [0.1, 0.15) is 29.4 Å². The summed E-state index contributed by atoms with van der Waals surface area (Å²) in [7, 11) is 1.61. The van der Waals surface area contributed by atoms with Gasteiger partial charge in [0.15, 0.2) is 5.69 Å². The minimum absolute atomic E-state index is 0.0410. The Bertz CT molecular complexity index is 512. The second-order valence-electron chi connectivity index (χ2n) is 5.03. The molecule has 0 saturated carbocycles. The van der Waals surface area contributed by atoms with Gasteiger partial charge in [0.05, 0.1) is 18.3 Å². The number of carboxylic acid groups (broad SMARTS) is 1. The lowest BCUT2D eigenvalue weighted by Crippen LogP contribution is -2.55. The molecule has 0 aliphatic carbocycles. The van der Waals surface area contributed by atoms with Crippen LogP contribution >= 0.6 is 0 Å². The quantitative estimate of drug-likeness (QED) is 0.626. The summed E-state index contributed by atoms with van der Waals surface area (Å²) in [5, 5.41) is 16.1. The third kappa shape index (κ3) is 3.56. The fraction of sp³-hybridized carbons (Fsp3) is 0.667. The number of aromatic nitrogens is 3. The normalized spacial score (nSPS) is 16.6. The molecule has 9 heteroatoms. The van der Waals surface area contributed by atoms with E-state index in [0.717, 1.165) is 6.42 Å². The molecule has 1 aromatic heterocycles. The molecule has 1 fully saturated rings. The van der Waals surface area contributed by atoms with Crippen LogP contribution in [0.25, 0.3) is 0 Å². The van der Waals surface area contributed by atoms with Gasteiger partial charge in [0, 0.05) is 26.8 Å². The summed E-state index contributed by atoms with van der Waals surface area (Å²) in [6.07, 6.45) is 2.69. The third-order valence-electron chi connectivity index (χ3n) is 3.46. The summed E-state index contributed by atoms with van der Waals surface area (Å²) >= 11 is 0. The molecule has 1 aliphatic rings.